The number of amides is 1. The molecule has 1 N–H and O–H groups in total. The molecule has 0 bridgehead atoms. The van der Waals surface area contributed by atoms with Gasteiger partial charge in [0.2, 0.25) is 0 Å². The fraction of sp³-hybridized carbons (Fsp3) is 0.533. The Morgan fingerprint density at radius 3 is 3.09 bits per heavy atom. The van der Waals surface area contributed by atoms with E-state index >= 15 is 0 Å². The lowest BCUT2D eigenvalue weighted by Gasteiger charge is -2.32. The van der Waals surface area contributed by atoms with Gasteiger partial charge < -0.3 is 10.2 Å². The second kappa shape index (κ2) is 6.58. The van der Waals surface area contributed by atoms with Gasteiger partial charge in [-0.05, 0) is 32.4 Å². The molecule has 1 atom stereocenters. The highest BCUT2D eigenvalue weighted by Gasteiger charge is 2.25. The molecule has 3 rings (SSSR count). The van der Waals surface area contributed by atoms with E-state index in [1.54, 1.807) is 17.1 Å². The van der Waals surface area contributed by atoms with Gasteiger partial charge in [0, 0.05) is 31.9 Å². The average molecular weight is 319 g/mol. The number of hydrogen-bond acceptors (Lipinski definition) is 5. The van der Waals surface area contributed by atoms with Crippen LogP contribution in [0, 0.1) is 5.92 Å². The van der Waals surface area contributed by atoms with Gasteiger partial charge in [-0.15, -0.1) is 11.3 Å². The number of rotatable bonds is 4. The zero-order valence-electron chi connectivity index (χ0n) is 13.0. The summed E-state index contributed by atoms with van der Waals surface area (Å²) in [5, 5.41) is 8.20. The summed E-state index contributed by atoms with van der Waals surface area (Å²) in [6.45, 7) is 2.65. The van der Waals surface area contributed by atoms with Crippen LogP contribution in [0.3, 0.4) is 0 Å². The van der Waals surface area contributed by atoms with Crippen molar-refractivity contribution in [2.24, 2.45) is 13.0 Å². The zero-order chi connectivity index (χ0) is 15.5. The maximum Gasteiger partial charge on any atom is 0.265 e. The number of aryl methyl sites for hydroxylation is 1. The summed E-state index contributed by atoms with van der Waals surface area (Å²) in [5.41, 5.74) is 0.957. The second-order valence-electron chi connectivity index (χ2n) is 5.75. The molecule has 2 aromatic rings. The second-order valence-corrected chi connectivity index (χ2v) is 6.78. The Morgan fingerprint density at radius 2 is 2.36 bits per heavy atom. The van der Waals surface area contributed by atoms with Crippen molar-refractivity contribution >= 4 is 17.2 Å². The van der Waals surface area contributed by atoms with Crippen LogP contribution in [0.4, 0.5) is 0 Å². The molecule has 0 aliphatic carbocycles. The van der Waals surface area contributed by atoms with Crippen LogP contribution in [0.15, 0.2) is 18.6 Å². The predicted octanol–water partition coefficient (Wildman–Crippen LogP) is 1.62. The van der Waals surface area contributed by atoms with Crippen molar-refractivity contribution in [2.45, 2.75) is 12.8 Å². The lowest BCUT2D eigenvalue weighted by molar-refractivity contribution is 0.0679. The van der Waals surface area contributed by atoms with Gasteiger partial charge in [-0.1, -0.05) is 0 Å². The quantitative estimate of drug-likeness (QED) is 0.930. The van der Waals surface area contributed by atoms with Crippen LogP contribution in [0.5, 0.6) is 0 Å². The number of likely N-dealkylation sites (tertiary alicyclic amines) is 1. The normalized spacial score (nSPS) is 18.6. The minimum Gasteiger partial charge on any atom is -0.338 e. The van der Waals surface area contributed by atoms with Gasteiger partial charge in [-0.2, -0.15) is 5.10 Å². The van der Waals surface area contributed by atoms with Gasteiger partial charge in [0.05, 0.1) is 12.4 Å². The molecule has 22 heavy (non-hydrogen) atoms. The van der Waals surface area contributed by atoms with Gasteiger partial charge in [0.1, 0.15) is 9.88 Å². The van der Waals surface area contributed by atoms with E-state index in [0.717, 1.165) is 36.6 Å². The minimum absolute atomic E-state index is 0.105. The van der Waals surface area contributed by atoms with Crippen molar-refractivity contribution in [1.29, 1.82) is 0 Å². The molecular formula is C15H21N5OS. The SMILES string of the molecule is CNCC1CCCN(C(=O)c2cnc(-c3cnn(C)c3)s2)C1. The van der Waals surface area contributed by atoms with Crippen molar-refractivity contribution < 1.29 is 4.79 Å². The Kier molecular flexibility index (Phi) is 4.54. The Morgan fingerprint density at radius 1 is 1.50 bits per heavy atom. The lowest BCUT2D eigenvalue weighted by atomic mass is 9.98. The van der Waals surface area contributed by atoms with Crippen molar-refractivity contribution in [3.8, 4) is 10.6 Å². The van der Waals surface area contributed by atoms with E-state index < -0.39 is 0 Å². The highest BCUT2D eigenvalue weighted by Crippen LogP contribution is 2.26. The maximum atomic E-state index is 12.7. The monoisotopic (exact) mass is 319 g/mol. The summed E-state index contributed by atoms with van der Waals surface area (Å²) in [6, 6.07) is 0. The van der Waals surface area contributed by atoms with Crippen molar-refractivity contribution in [3.63, 3.8) is 0 Å². The summed E-state index contributed by atoms with van der Waals surface area (Å²) in [6.07, 6.45) is 7.64. The first kappa shape index (κ1) is 15.2. The van der Waals surface area contributed by atoms with E-state index in [1.807, 2.05) is 25.2 Å². The molecule has 0 spiro atoms. The molecule has 118 valence electrons. The summed E-state index contributed by atoms with van der Waals surface area (Å²) in [4.78, 5) is 19.7. The molecule has 0 aromatic carbocycles. The number of nitrogens with one attached hydrogen (secondary N) is 1. The summed E-state index contributed by atoms with van der Waals surface area (Å²) in [5.74, 6) is 0.654. The van der Waals surface area contributed by atoms with Crippen LogP contribution in [-0.4, -0.2) is 52.3 Å². The zero-order valence-corrected chi connectivity index (χ0v) is 13.8. The van der Waals surface area contributed by atoms with Crippen LogP contribution in [-0.2, 0) is 7.05 Å². The number of nitrogens with zero attached hydrogens (tertiary/aromatic N) is 4. The molecule has 0 radical (unpaired) electrons. The molecule has 1 saturated heterocycles. The maximum absolute atomic E-state index is 12.7. The van der Waals surface area contributed by atoms with E-state index in [1.165, 1.54) is 17.8 Å². The van der Waals surface area contributed by atoms with E-state index in [2.05, 4.69) is 15.4 Å². The molecule has 1 fully saturated rings. The van der Waals surface area contributed by atoms with Crippen molar-refractivity contribution in [1.82, 2.24) is 25.0 Å². The summed E-state index contributed by atoms with van der Waals surface area (Å²) >= 11 is 1.44. The van der Waals surface area contributed by atoms with Gasteiger partial charge in [0.15, 0.2) is 0 Å². The Hall–Kier alpha value is -1.73. The fourth-order valence-electron chi connectivity index (χ4n) is 2.90. The van der Waals surface area contributed by atoms with E-state index in [4.69, 9.17) is 0 Å². The van der Waals surface area contributed by atoms with Gasteiger partial charge >= 0.3 is 0 Å². The number of hydrogen-bond donors (Lipinski definition) is 1. The number of piperidine rings is 1. The first-order valence-corrected chi connectivity index (χ1v) is 8.37. The molecule has 1 aliphatic rings. The Balaban J connectivity index is 1.71. The Bertz CT molecular complexity index is 648. The van der Waals surface area contributed by atoms with Gasteiger partial charge in [0.25, 0.3) is 5.91 Å². The summed E-state index contributed by atoms with van der Waals surface area (Å²) < 4.78 is 1.74. The molecule has 1 amide bonds. The van der Waals surface area contributed by atoms with Gasteiger partial charge in [-0.25, -0.2) is 4.98 Å². The van der Waals surface area contributed by atoms with Crippen LogP contribution in [0.25, 0.3) is 10.6 Å². The number of carbonyl (C=O) groups excluding carboxylic acids is 1. The van der Waals surface area contributed by atoms with Crippen molar-refractivity contribution in [2.75, 3.05) is 26.7 Å². The number of aromatic nitrogens is 3. The van der Waals surface area contributed by atoms with E-state index in [0.29, 0.717) is 10.8 Å². The smallest absolute Gasteiger partial charge is 0.265 e. The molecule has 1 unspecified atom stereocenters. The standard InChI is InChI=1S/C15H21N5OS/c1-16-6-11-4-3-5-20(9-11)15(21)13-8-17-14(22-13)12-7-18-19(2)10-12/h7-8,10-11,16H,3-6,9H2,1-2H3. The van der Waals surface area contributed by atoms with E-state index in [9.17, 15) is 4.79 Å². The topological polar surface area (TPSA) is 63.1 Å². The lowest BCUT2D eigenvalue weighted by Crippen LogP contribution is -2.42. The Labute approximate surface area is 134 Å². The first-order valence-electron chi connectivity index (χ1n) is 7.56. The van der Waals surface area contributed by atoms with Crippen LogP contribution in [0.1, 0.15) is 22.5 Å². The third-order valence-electron chi connectivity index (χ3n) is 3.97. The van der Waals surface area contributed by atoms with Crippen molar-refractivity contribution in [3.05, 3.63) is 23.5 Å². The fourth-order valence-corrected chi connectivity index (χ4v) is 3.76. The third-order valence-corrected chi connectivity index (χ3v) is 5.00. The number of carbonyl (C=O) groups is 1. The molecule has 3 heterocycles. The summed E-state index contributed by atoms with van der Waals surface area (Å²) in [7, 11) is 3.84. The molecule has 0 saturated carbocycles. The predicted molar refractivity (Wildman–Crippen MR) is 86.9 cm³/mol. The largest absolute Gasteiger partial charge is 0.338 e. The van der Waals surface area contributed by atoms with Crippen LogP contribution < -0.4 is 5.32 Å². The molecule has 7 heteroatoms. The van der Waals surface area contributed by atoms with Crippen LogP contribution in [0.2, 0.25) is 0 Å². The highest BCUT2D eigenvalue weighted by atomic mass is 32.1. The molecular weight excluding hydrogens is 298 g/mol. The number of thiazole rings is 1. The third kappa shape index (κ3) is 3.20. The highest BCUT2D eigenvalue weighted by molar-refractivity contribution is 7.16. The van der Waals surface area contributed by atoms with Gasteiger partial charge in [-0.3, -0.25) is 9.48 Å². The molecule has 2 aromatic heterocycles. The minimum atomic E-state index is 0.105. The van der Waals surface area contributed by atoms with E-state index in [-0.39, 0.29) is 5.91 Å². The first-order chi connectivity index (χ1) is 10.7. The molecule has 1 aliphatic heterocycles. The van der Waals surface area contributed by atoms with Crippen LogP contribution >= 0.6 is 11.3 Å². The average Bonchev–Trinajstić information content (AvgIpc) is 3.16. The molecule has 6 nitrogen and oxygen atoms in total.